The van der Waals surface area contributed by atoms with Crippen LogP contribution in [0.5, 0.6) is 0 Å². The topological polar surface area (TPSA) is 11.6 Å². The van der Waals surface area contributed by atoms with E-state index in [9.17, 15) is 0 Å². The lowest BCUT2D eigenvalue weighted by Gasteiger charge is -2.46. The number of aryl methyl sites for hydroxylation is 2. The molecule has 13 aliphatic rings. The van der Waals surface area contributed by atoms with E-state index in [0.717, 1.165) is 32.1 Å². The van der Waals surface area contributed by atoms with E-state index in [2.05, 4.69) is 251 Å². The first-order chi connectivity index (χ1) is 40.0. The molecular weight excluding hydrogens is 979 g/mol. The van der Waals surface area contributed by atoms with Crippen LogP contribution in [0.2, 0.25) is 0 Å². The number of fused-ring (bicyclic) bond motifs is 16. The standard InChI is InChI=1S/C78H52N3/c1-2-13-53-51(11-1)52-12-3-4-14-54(52)64-35-47(25-28-56(53)64)63-37-71-74-33-31-57-58(32-34-74)65(57)36-50(74)38-75-41-68(59-16-6-5-15-55(59)66(63)44-81(71)75)78-67-20-10-9-19-62(67)70-30-24-46-22-27-49-40-77(78,80(70)43-46)73(78)72-61-18-8-7-17-60(61)69-29-23-45-21-26-48(75)39-76(49,72)79(69)42-45/h1-20,23-25,28-37,39-44,57-58,65H,21-22,26-27,38H2/q+3/b48-39-,68-41-. The Balaban J connectivity index is 0.959. The number of hydrogen-bond acceptors (Lipinski definition) is 0. The van der Waals surface area contributed by atoms with Crippen molar-refractivity contribution in [2.24, 2.45) is 17.8 Å². The smallest absolute Gasteiger partial charge is 0.187 e. The molecule has 0 N–H and O–H groups in total. The second kappa shape index (κ2) is 13.4. The first-order valence-electron chi connectivity index (χ1n) is 29.9. The fourth-order valence-corrected chi connectivity index (χ4v) is 19.6. The van der Waals surface area contributed by atoms with Crippen LogP contribution in [0.4, 0.5) is 0 Å². The Kier molecular flexibility index (Phi) is 6.94. The van der Waals surface area contributed by atoms with E-state index in [4.69, 9.17) is 0 Å². The Morgan fingerprint density at radius 1 is 0.420 bits per heavy atom. The maximum Gasteiger partial charge on any atom is 0.235 e. The molecule has 7 aromatic carbocycles. The van der Waals surface area contributed by atoms with Gasteiger partial charge in [-0.25, -0.2) is 0 Å². The van der Waals surface area contributed by atoms with Crippen molar-refractivity contribution in [2.75, 3.05) is 0 Å². The highest BCUT2D eigenvalue weighted by Crippen LogP contribution is 2.81. The zero-order chi connectivity index (χ0) is 52.1. The summed E-state index contributed by atoms with van der Waals surface area (Å²) in [6.07, 6.45) is 34.8. The van der Waals surface area contributed by atoms with Gasteiger partial charge in [0.15, 0.2) is 18.6 Å². The van der Waals surface area contributed by atoms with Crippen molar-refractivity contribution in [3.8, 4) is 44.8 Å². The Morgan fingerprint density at radius 2 is 1.05 bits per heavy atom. The van der Waals surface area contributed by atoms with Gasteiger partial charge in [-0.15, -0.1) is 0 Å². The Labute approximate surface area is 469 Å². The molecule has 81 heavy (non-hydrogen) atoms. The van der Waals surface area contributed by atoms with E-state index in [1.165, 1.54) is 133 Å². The summed E-state index contributed by atoms with van der Waals surface area (Å²) in [5.74, 6) is 1.62. The number of hydrogen-bond donors (Lipinski definition) is 0. The lowest BCUT2D eigenvalue weighted by molar-refractivity contribution is -0.756. The number of benzene rings is 7. The molecular formula is C78H52N3+3. The number of nitrogens with zero attached hydrogens (tertiary/aromatic N) is 3. The number of rotatable bonds is 1. The van der Waals surface area contributed by atoms with Gasteiger partial charge in [0.25, 0.3) is 0 Å². The van der Waals surface area contributed by atoms with Crippen LogP contribution >= 0.6 is 0 Å². The Hall–Kier alpha value is -9.05. The molecule has 2 fully saturated rings. The number of pyridine rings is 3. The molecule has 10 aromatic rings. The Morgan fingerprint density at radius 3 is 1.81 bits per heavy atom. The maximum absolute atomic E-state index is 2.94. The van der Waals surface area contributed by atoms with Gasteiger partial charge < -0.3 is 0 Å². The van der Waals surface area contributed by atoms with Crippen molar-refractivity contribution in [1.29, 1.82) is 0 Å². The lowest BCUT2D eigenvalue weighted by atomic mass is 9.60. The molecule has 9 heterocycles. The minimum absolute atomic E-state index is 0.403. The van der Waals surface area contributed by atoms with Crippen LogP contribution in [0, 0.1) is 17.8 Å². The SMILES string of the molecule is C1=CC23C=CC4C1C4C=C2CC12/C=C(/c4ccccc4-c4c[n+]1c3cc4-c1ccc3c4ccccc4c4ccccc4c3c1)C13C4=C5c6ccccc6-c6ccc7c[n+]6C5(/C=C\2CC7)C2=CC41[n+]1cc(ccc1-c1ccccc13)CC2. The van der Waals surface area contributed by atoms with Crippen molar-refractivity contribution >= 4 is 43.5 Å². The van der Waals surface area contributed by atoms with Gasteiger partial charge in [0, 0.05) is 69.7 Å². The van der Waals surface area contributed by atoms with Crippen LogP contribution in [-0.4, -0.2) is 0 Å². The summed E-state index contributed by atoms with van der Waals surface area (Å²) in [4.78, 5) is 0. The molecule has 3 aromatic heterocycles. The molecule has 376 valence electrons. The average Bonchev–Trinajstić information content (AvgIpc) is 1.44. The quantitative estimate of drug-likeness (QED) is 0.0882. The predicted molar refractivity (Wildman–Crippen MR) is 321 cm³/mol. The van der Waals surface area contributed by atoms with Crippen LogP contribution in [0.3, 0.4) is 0 Å². The molecule has 23 rings (SSSR count). The fourth-order valence-electron chi connectivity index (χ4n) is 19.6. The van der Waals surface area contributed by atoms with Gasteiger partial charge in [-0.3, -0.25) is 0 Å². The Bertz CT molecular complexity index is 5030. The van der Waals surface area contributed by atoms with Crippen LogP contribution in [-0.2, 0) is 40.3 Å². The summed E-state index contributed by atoms with van der Waals surface area (Å²) >= 11 is 0. The van der Waals surface area contributed by atoms with Gasteiger partial charge in [0.1, 0.15) is 10.8 Å². The molecule has 3 heteroatoms. The van der Waals surface area contributed by atoms with E-state index in [1.807, 2.05) is 0 Å². The first kappa shape index (κ1) is 41.9. The fraction of sp³-hybridized carbons (Fsp3) is 0.167. The van der Waals surface area contributed by atoms with Crippen molar-refractivity contribution in [2.45, 2.75) is 59.6 Å². The molecule has 7 aliphatic carbocycles. The van der Waals surface area contributed by atoms with Crippen LogP contribution in [0.15, 0.2) is 259 Å². The van der Waals surface area contributed by atoms with Gasteiger partial charge in [-0.1, -0.05) is 152 Å². The highest BCUT2D eigenvalue weighted by atomic mass is 15.2. The van der Waals surface area contributed by atoms with E-state index in [-0.39, 0.29) is 0 Å². The third kappa shape index (κ3) is 4.43. The van der Waals surface area contributed by atoms with Crippen molar-refractivity contribution in [3.05, 3.63) is 293 Å². The minimum Gasteiger partial charge on any atom is -0.187 e. The van der Waals surface area contributed by atoms with E-state index in [1.54, 1.807) is 11.1 Å². The zero-order valence-electron chi connectivity index (χ0n) is 44.6. The second-order valence-electron chi connectivity index (χ2n) is 26.0. The van der Waals surface area contributed by atoms with E-state index < -0.39 is 27.4 Å². The van der Waals surface area contributed by atoms with Gasteiger partial charge in [0.2, 0.25) is 33.7 Å². The summed E-state index contributed by atoms with van der Waals surface area (Å²) in [7, 11) is 0. The van der Waals surface area contributed by atoms with Gasteiger partial charge in [-0.2, -0.15) is 13.7 Å². The molecule has 17 bridgehead atoms. The van der Waals surface area contributed by atoms with Crippen molar-refractivity contribution in [1.82, 2.24) is 0 Å². The summed E-state index contributed by atoms with van der Waals surface area (Å²) in [5, 5.41) is 7.84. The third-order valence-electron chi connectivity index (χ3n) is 23.0. The second-order valence-corrected chi connectivity index (χ2v) is 26.0. The van der Waals surface area contributed by atoms with Crippen LogP contribution in [0.25, 0.3) is 88.2 Å². The average molecular weight is 1030 g/mol. The molecule has 0 radical (unpaired) electrons. The molecule has 0 amide bonds. The molecule has 6 atom stereocenters. The van der Waals surface area contributed by atoms with Crippen LogP contribution in [0.1, 0.15) is 52.8 Å². The summed E-state index contributed by atoms with van der Waals surface area (Å²) < 4.78 is 8.53. The molecule has 5 spiro atoms. The van der Waals surface area contributed by atoms with E-state index in [0.29, 0.717) is 17.8 Å². The molecule has 6 aliphatic heterocycles. The highest BCUT2D eigenvalue weighted by molar-refractivity contribution is 6.26. The van der Waals surface area contributed by atoms with Gasteiger partial charge in [0.05, 0.1) is 16.7 Å². The predicted octanol–water partition coefficient (Wildman–Crippen LogP) is 14.9. The zero-order valence-corrected chi connectivity index (χ0v) is 44.6. The molecule has 3 nitrogen and oxygen atoms in total. The minimum atomic E-state index is -0.579. The van der Waals surface area contributed by atoms with E-state index >= 15 is 0 Å². The summed E-state index contributed by atoms with van der Waals surface area (Å²) in [5.41, 5.74) is 25.3. The number of allylic oxidation sites excluding steroid dienone is 14. The van der Waals surface area contributed by atoms with Crippen molar-refractivity contribution < 1.29 is 13.7 Å². The summed E-state index contributed by atoms with van der Waals surface area (Å²) in [6, 6.07) is 67.0. The molecule has 2 saturated carbocycles. The molecule has 0 saturated heterocycles. The molecule has 6 unspecified atom stereocenters. The largest absolute Gasteiger partial charge is 0.235 e. The lowest BCUT2D eigenvalue weighted by Crippen LogP contribution is -2.67. The summed E-state index contributed by atoms with van der Waals surface area (Å²) in [6.45, 7) is 0. The highest BCUT2D eigenvalue weighted by Gasteiger charge is 2.89. The van der Waals surface area contributed by atoms with Crippen LogP contribution < -0.4 is 13.7 Å². The maximum atomic E-state index is 2.94. The third-order valence-corrected chi connectivity index (χ3v) is 23.0. The van der Waals surface area contributed by atoms with Crippen molar-refractivity contribution in [3.63, 3.8) is 0 Å². The number of aromatic nitrogens is 3. The van der Waals surface area contributed by atoms with Gasteiger partial charge in [-0.05, 0) is 157 Å². The monoisotopic (exact) mass is 1030 g/mol. The van der Waals surface area contributed by atoms with Gasteiger partial charge >= 0.3 is 0 Å². The normalized spacial score (nSPS) is 31.0. The first-order valence-corrected chi connectivity index (χ1v) is 29.9.